The molecule has 6 heteroatoms. The smallest absolute Gasteiger partial charge is 0.191 e. The van der Waals surface area contributed by atoms with E-state index in [1.165, 1.54) is 0 Å². The van der Waals surface area contributed by atoms with Gasteiger partial charge in [0, 0.05) is 42.4 Å². The third-order valence-electron chi connectivity index (χ3n) is 3.58. The maximum absolute atomic E-state index is 6.17. The highest BCUT2D eigenvalue weighted by molar-refractivity contribution is 7.09. The molecule has 0 aliphatic heterocycles. The van der Waals surface area contributed by atoms with Crippen LogP contribution in [0.2, 0.25) is 5.02 Å². The summed E-state index contributed by atoms with van der Waals surface area (Å²) in [5.41, 5.74) is 2.31. The van der Waals surface area contributed by atoms with E-state index in [2.05, 4.69) is 41.8 Å². The lowest BCUT2D eigenvalue weighted by Crippen LogP contribution is -2.37. The minimum absolute atomic E-state index is 0.106. The number of hydrogen-bond acceptors (Lipinski definition) is 3. The van der Waals surface area contributed by atoms with Gasteiger partial charge in [-0.15, -0.1) is 11.3 Å². The largest absolute Gasteiger partial charge is 0.356 e. The molecule has 0 fully saturated rings. The molecule has 130 valence electrons. The van der Waals surface area contributed by atoms with E-state index >= 15 is 0 Å². The van der Waals surface area contributed by atoms with Crippen LogP contribution in [0.5, 0.6) is 0 Å². The second-order valence-electron chi connectivity index (χ2n) is 6.57. The van der Waals surface area contributed by atoms with Gasteiger partial charge >= 0.3 is 0 Å². The molecule has 0 unspecified atom stereocenters. The van der Waals surface area contributed by atoms with Gasteiger partial charge < -0.3 is 10.6 Å². The Kier molecular flexibility index (Phi) is 6.63. The molecule has 0 bridgehead atoms. The van der Waals surface area contributed by atoms with E-state index in [1.54, 1.807) is 18.4 Å². The van der Waals surface area contributed by atoms with Crippen molar-refractivity contribution in [3.8, 4) is 0 Å². The van der Waals surface area contributed by atoms with Crippen LogP contribution in [0.1, 0.15) is 37.0 Å². The highest BCUT2D eigenvalue weighted by Crippen LogP contribution is 2.23. The highest BCUT2D eigenvalue weighted by Gasteiger charge is 2.17. The molecule has 0 atom stereocenters. The minimum Gasteiger partial charge on any atom is -0.356 e. The molecular weight excluding hydrogens is 340 g/mol. The third-order valence-corrected chi connectivity index (χ3v) is 4.86. The molecule has 0 saturated carbocycles. The van der Waals surface area contributed by atoms with Crippen molar-refractivity contribution >= 4 is 28.9 Å². The van der Waals surface area contributed by atoms with Crippen molar-refractivity contribution in [2.45, 2.75) is 39.2 Å². The fourth-order valence-corrected chi connectivity index (χ4v) is 3.33. The Morgan fingerprint density at radius 2 is 2.00 bits per heavy atom. The Bertz CT molecular complexity index is 688. The lowest BCUT2D eigenvalue weighted by molar-refractivity contribution is 0.570. The molecule has 4 nitrogen and oxygen atoms in total. The first-order valence-electron chi connectivity index (χ1n) is 8.03. The summed E-state index contributed by atoms with van der Waals surface area (Å²) < 4.78 is 0. The number of nitrogens with one attached hydrogen (secondary N) is 2. The number of guanidine groups is 1. The Balaban J connectivity index is 1.80. The number of aromatic nitrogens is 1. The van der Waals surface area contributed by atoms with Gasteiger partial charge in [0.05, 0.1) is 10.7 Å². The SMILES string of the molecule is CN=C(NCCc1nc(C(C)(C)C)cs1)NCc1ccccc1Cl. The first-order valence-corrected chi connectivity index (χ1v) is 9.28. The van der Waals surface area contributed by atoms with Crippen LogP contribution in [0, 0.1) is 0 Å². The standard InChI is InChI=1S/C18H25ClN4S/c1-18(2,3)15-12-24-16(23-15)9-10-21-17(20-4)22-11-13-7-5-6-8-14(13)19/h5-8,12H,9-11H2,1-4H3,(H2,20,21,22). The van der Waals surface area contributed by atoms with Crippen LogP contribution in [0.15, 0.2) is 34.6 Å². The molecule has 1 aromatic carbocycles. The quantitative estimate of drug-likeness (QED) is 0.622. The fourth-order valence-electron chi connectivity index (χ4n) is 2.10. The van der Waals surface area contributed by atoms with Gasteiger partial charge in [0.25, 0.3) is 0 Å². The summed E-state index contributed by atoms with van der Waals surface area (Å²) in [4.78, 5) is 8.95. The molecule has 1 aromatic heterocycles. The molecule has 1 heterocycles. The molecule has 24 heavy (non-hydrogen) atoms. The summed E-state index contributed by atoms with van der Waals surface area (Å²) in [5, 5.41) is 10.7. The van der Waals surface area contributed by atoms with Crippen molar-refractivity contribution in [1.82, 2.24) is 15.6 Å². The van der Waals surface area contributed by atoms with Gasteiger partial charge in [-0.1, -0.05) is 50.6 Å². The second kappa shape index (κ2) is 8.49. The van der Waals surface area contributed by atoms with Gasteiger partial charge in [0.2, 0.25) is 0 Å². The maximum atomic E-state index is 6.17. The maximum Gasteiger partial charge on any atom is 0.191 e. The van der Waals surface area contributed by atoms with Gasteiger partial charge in [-0.05, 0) is 11.6 Å². The van der Waals surface area contributed by atoms with E-state index in [4.69, 9.17) is 16.6 Å². The molecule has 2 aromatic rings. The summed E-state index contributed by atoms with van der Waals surface area (Å²) in [6, 6.07) is 7.81. The van der Waals surface area contributed by atoms with Crippen LogP contribution in [0.25, 0.3) is 0 Å². The van der Waals surface area contributed by atoms with Crippen LogP contribution in [0.4, 0.5) is 0 Å². The summed E-state index contributed by atoms with van der Waals surface area (Å²) >= 11 is 7.89. The van der Waals surface area contributed by atoms with Crippen molar-refractivity contribution in [3.63, 3.8) is 0 Å². The molecular formula is C18H25ClN4S. The predicted octanol–water partition coefficient (Wildman–Crippen LogP) is 4.00. The minimum atomic E-state index is 0.106. The van der Waals surface area contributed by atoms with Crippen LogP contribution in [-0.4, -0.2) is 24.5 Å². The van der Waals surface area contributed by atoms with Crippen LogP contribution in [0.3, 0.4) is 0 Å². The number of benzene rings is 1. The lowest BCUT2D eigenvalue weighted by Gasteiger charge is -2.14. The zero-order valence-corrected chi connectivity index (χ0v) is 16.3. The number of rotatable bonds is 5. The number of hydrogen-bond donors (Lipinski definition) is 2. The summed E-state index contributed by atoms with van der Waals surface area (Å²) in [5.74, 6) is 0.766. The molecule has 0 saturated heterocycles. The normalized spacial score (nSPS) is 12.3. The van der Waals surface area contributed by atoms with Gasteiger partial charge in [-0.2, -0.15) is 0 Å². The number of aliphatic imine (C=N–C) groups is 1. The number of thiazole rings is 1. The van der Waals surface area contributed by atoms with Crippen LogP contribution < -0.4 is 10.6 Å². The average Bonchev–Trinajstić information content (AvgIpc) is 3.01. The van der Waals surface area contributed by atoms with Crippen molar-refractivity contribution in [2.24, 2.45) is 4.99 Å². The monoisotopic (exact) mass is 364 g/mol. The van der Waals surface area contributed by atoms with E-state index in [0.29, 0.717) is 6.54 Å². The average molecular weight is 365 g/mol. The van der Waals surface area contributed by atoms with Crippen molar-refractivity contribution in [2.75, 3.05) is 13.6 Å². The zero-order chi connectivity index (χ0) is 17.6. The Morgan fingerprint density at radius 3 is 2.62 bits per heavy atom. The van der Waals surface area contributed by atoms with Gasteiger partial charge in [-0.3, -0.25) is 4.99 Å². The number of halogens is 1. The summed E-state index contributed by atoms with van der Waals surface area (Å²) in [6.45, 7) is 7.99. The topological polar surface area (TPSA) is 49.3 Å². The Hall–Kier alpha value is -1.59. The summed E-state index contributed by atoms with van der Waals surface area (Å²) in [7, 11) is 1.77. The van der Waals surface area contributed by atoms with Crippen molar-refractivity contribution < 1.29 is 0 Å². The number of nitrogens with zero attached hydrogens (tertiary/aromatic N) is 2. The van der Waals surface area contributed by atoms with Crippen LogP contribution >= 0.6 is 22.9 Å². The molecule has 0 aliphatic carbocycles. The van der Waals surface area contributed by atoms with Crippen LogP contribution in [-0.2, 0) is 18.4 Å². The Morgan fingerprint density at radius 1 is 1.25 bits per heavy atom. The van der Waals surface area contributed by atoms with E-state index in [-0.39, 0.29) is 5.41 Å². The molecule has 2 N–H and O–H groups in total. The van der Waals surface area contributed by atoms with Crippen molar-refractivity contribution in [1.29, 1.82) is 0 Å². The lowest BCUT2D eigenvalue weighted by atomic mass is 9.93. The van der Waals surface area contributed by atoms with Gasteiger partial charge in [0.1, 0.15) is 0 Å². The molecule has 0 amide bonds. The molecule has 0 aliphatic rings. The zero-order valence-electron chi connectivity index (χ0n) is 14.7. The molecule has 0 radical (unpaired) electrons. The van der Waals surface area contributed by atoms with E-state index in [9.17, 15) is 0 Å². The third kappa shape index (κ3) is 5.49. The van der Waals surface area contributed by atoms with E-state index in [0.717, 1.165) is 40.2 Å². The fraction of sp³-hybridized carbons (Fsp3) is 0.444. The van der Waals surface area contributed by atoms with Gasteiger partial charge in [-0.25, -0.2) is 4.98 Å². The van der Waals surface area contributed by atoms with E-state index in [1.807, 2.05) is 24.3 Å². The highest BCUT2D eigenvalue weighted by atomic mass is 35.5. The second-order valence-corrected chi connectivity index (χ2v) is 7.92. The van der Waals surface area contributed by atoms with Crippen molar-refractivity contribution in [3.05, 3.63) is 50.9 Å². The first kappa shape index (κ1) is 18.7. The predicted molar refractivity (Wildman–Crippen MR) is 104 cm³/mol. The molecule has 2 rings (SSSR count). The first-order chi connectivity index (χ1) is 11.4. The van der Waals surface area contributed by atoms with E-state index < -0.39 is 0 Å². The molecule has 0 spiro atoms. The summed E-state index contributed by atoms with van der Waals surface area (Å²) in [6.07, 6.45) is 0.882. The van der Waals surface area contributed by atoms with Gasteiger partial charge in [0.15, 0.2) is 5.96 Å². The Labute approximate surface area is 153 Å².